The van der Waals surface area contributed by atoms with Crippen LogP contribution >= 0.6 is 0 Å². The molecule has 0 aromatic rings. The van der Waals surface area contributed by atoms with Crippen molar-refractivity contribution in [2.45, 2.75) is 0 Å². The average molecular weight is 129 g/mol. The van der Waals surface area contributed by atoms with E-state index in [0.29, 0.717) is 0 Å². The van der Waals surface area contributed by atoms with Gasteiger partial charge in [-0.3, -0.25) is 0 Å². The van der Waals surface area contributed by atoms with Gasteiger partial charge in [0.05, 0.1) is 0 Å². The summed E-state index contributed by atoms with van der Waals surface area (Å²) in [6, 6.07) is 0. The van der Waals surface area contributed by atoms with Crippen LogP contribution in [0, 0.1) is 10.1 Å². The first-order valence-electron chi connectivity index (χ1n) is 0.565. The number of nitrogens with zero attached hydrogens (tertiary/aromatic N) is 1. The first kappa shape index (κ1) is 15.6. The van der Waals surface area contributed by atoms with Gasteiger partial charge in [0, 0.05) is 0 Å². The van der Waals surface area contributed by atoms with Crippen LogP contribution in [0.1, 0.15) is 4.28 Å². The van der Waals surface area contributed by atoms with E-state index in [1.807, 2.05) is 0 Å². The van der Waals surface area contributed by atoms with Crippen molar-refractivity contribution in [1.29, 1.82) is 0 Å². The van der Waals surface area contributed by atoms with Gasteiger partial charge in [0.2, 0.25) is 0 Å². The Morgan fingerprint density at radius 1 is 1.83 bits per heavy atom. The molecule has 4 nitrogen and oxygen atoms in total. The minimum Gasteiger partial charge on any atom is -1.00 e. The Bertz CT molecular complexity index is 42.0. The van der Waals surface area contributed by atoms with Crippen molar-refractivity contribution in [3.05, 3.63) is 10.1 Å². The van der Waals surface area contributed by atoms with E-state index in [-0.39, 0.29) is 78.7 Å². The Hall–Kier alpha value is 1.60. The SMILES string of the molecule is O=[N+]([O-])O.[H-].[H-].[H-].[K+].[Mg+2]. The van der Waals surface area contributed by atoms with E-state index < -0.39 is 5.09 Å². The molecule has 0 atom stereocenters. The summed E-state index contributed by atoms with van der Waals surface area (Å²) < 4.78 is 0. The molecule has 0 aromatic carbocycles. The van der Waals surface area contributed by atoms with Gasteiger partial charge in [-0.25, -0.2) is 0 Å². The van der Waals surface area contributed by atoms with Gasteiger partial charge < -0.3 is 9.49 Å². The molecule has 6 heavy (non-hydrogen) atoms. The zero-order valence-electron chi connectivity index (χ0n) is 6.42. The predicted octanol–water partition coefficient (Wildman–Crippen LogP) is -3.39. The molecule has 0 unspecified atom stereocenters. The molecular weight excluding hydrogens is 125 g/mol. The summed E-state index contributed by atoms with van der Waals surface area (Å²) >= 11 is 0. The van der Waals surface area contributed by atoms with Crippen LogP contribution in [-0.4, -0.2) is 33.3 Å². The van der Waals surface area contributed by atoms with Gasteiger partial charge in [-0.2, -0.15) is 0 Å². The van der Waals surface area contributed by atoms with Crippen LogP contribution in [0.4, 0.5) is 0 Å². The summed E-state index contributed by atoms with van der Waals surface area (Å²) in [7, 11) is 0. The van der Waals surface area contributed by atoms with Crippen molar-refractivity contribution in [3.63, 3.8) is 0 Å². The fourth-order valence-corrected chi connectivity index (χ4v) is 0. The summed E-state index contributed by atoms with van der Waals surface area (Å²) in [5, 5.41) is 13.6. The number of hydrogen-bond donors (Lipinski definition) is 1. The Kier molecular flexibility index (Phi) is 25.5. The second kappa shape index (κ2) is 9.78. The molecule has 0 rings (SSSR count). The maximum atomic E-state index is 8.36. The topological polar surface area (TPSA) is 63.4 Å². The molecular formula is H4KMgNO3. The molecule has 0 fully saturated rings. The van der Waals surface area contributed by atoms with E-state index in [1.54, 1.807) is 0 Å². The second-order valence-electron chi connectivity index (χ2n) is 0.238. The van der Waals surface area contributed by atoms with Gasteiger partial charge in [-0.1, -0.05) is 0 Å². The van der Waals surface area contributed by atoms with Crippen molar-refractivity contribution in [2.75, 3.05) is 0 Å². The molecule has 0 bridgehead atoms. The molecule has 1 N–H and O–H groups in total. The molecule has 0 saturated heterocycles. The van der Waals surface area contributed by atoms with Gasteiger partial charge in [0.1, 0.15) is 0 Å². The Morgan fingerprint density at radius 3 is 1.83 bits per heavy atom. The normalized spacial score (nSPS) is 4.00. The Balaban J connectivity index is -0.00000000450. The molecule has 0 aliphatic carbocycles. The number of rotatable bonds is 0. The summed E-state index contributed by atoms with van der Waals surface area (Å²) in [5.41, 5.74) is 0. The molecule has 6 heteroatoms. The van der Waals surface area contributed by atoms with E-state index in [2.05, 4.69) is 0 Å². The average Bonchev–Trinajstić information content (AvgIpc) is 0.811. The van der Waals surface area contributed by atoms with Crippen molar-refractivity contribution in [2.24, 2.45) is 0 Å². The van der Waals surface area contributed by atoms with Crippen LogP contribution in [0.2, 0.25) is 0 Å². The second-order valence-corrected chi connectivity index (χ2v) is 0.238. The van der Waals surface area contributed by atoms with Crippen LogP contribution in [0.5, 0.6) is 0 Å². The number of hydrogen-bond acceptors (Lipinski definition) is 2. The van der Waals surface area contributed by atoms with Gasteiger partial charge >= 0.3 is 74.4 Å². The zero-order valence-corrected chi connectivity index (χ0v) is 7.96. The van der Waals surface area contributed by atoms with Crippen LogP contribution in [0.25, 0.3) is 0 Å². The molecule has 0 aliphatic rings. The largest absolute Gasteiger partial charge is 2.00 e. The van der Waals surface area contributed by atoms with Gasteiger partial charge in [-0.15, -0.1) is 10.1 Å². The summed E-state index contributed by atoms with van der Waals surface area (Å²) in [5.74, 6) is 0. The molecule has 0 radical (unpaired) electrons. The van der Waals surface area contributed by atoms with E-state index in [1.165, 1.54) is 0 Å². The Morgan fingerprint density at radius 2 is 1.83 bits per heavy atom. The van der Waals surface area contributed by atoms with Gasteiger partial charge in [0.25, 0.3) is 5.09 Å². The van der Waals surface area contributed by atoms with E-state index in [0.717, 1.165) is 0 Å². The molecule has 30 valence electrons. The minimum absolute atomic E-state index is 0. The van der Waals surface area contributed by atoms with Crippen molar-refractivity contribution in [1.82, 2.24) is 0 Å². The van der Waals surface area contributed by atoms with E-state index >= 15 is 0 Å². The van der Waals surface area contributed by atoms with Crippen LogP contribution in [-0.2, 0) is 0 Å². The third-order valence-corrected chi connectivity index (χ3v) is 0. The van der Waals surface area contributed by atoms with Crippen molar-refractivity contribution < 1.29 is 66.0 Å². The molecule has 0 saturated carbocycles. The Labute approximate surface area is 97.4 Å². The van der Waals surface area contributed by atoms with Crippen molar-refractivity contribution >= 4 is 23.1 Å². The maximum Gasteiger partial charge on any atom is 2.00 e. The fraction of sp³-hybridized carbons (Fsp3) is 0. The molecule has 0 aliphatic heterocycles. The minimum atomic E-state index is -1.50. The third kappa shape index (κ3) is 46.2. The summed E-state index contributed by atoms with van der Waals surface area (Å²) in [6.07, 6.45) is 0. The standard InChI is InChI=1S/K.Mg.HNO3.3H/c;;2-1(3)4;;;/h;;(H,2,3,4);;;/q+1;+2;;3*-1. The monoisotopic (exact) mass is 129 g/mol. The molecule has 0 spiro atoms. The van der Waals surface area contributed by atoms with E-state index in [4.69, 9.17) is 15.3 Å². The smallest absolute Gasteiger partial charge is 1.00 e. The summed E-state index contributed by atoms with van der Waals surface area (Å²) in [6.45, 7) is 0. The van der Waals surface area contributed by atoms with Gasteiger partial charge in [-0.05, 0) is 0 Å². The first-order chi connectivity index (χ1) is 1.73. The maximum absolute atomic E-state index is 8.36. The van der Waals surface area contributed by atoms with Crippen LogP contribution in [0.3, 0.4) is 0 Å². The van der Waals surface area contributed by atoms with Gasteiger partial charge in [0.15, 0.2) is 0 Å². The van der Waals surface area contributed by atoms with Crippen LogP contribution < -0.4 is 51.4 Å². The third-order valence-electron chi connectivity index (χ3n) is 0. The van der Waals surface area contributed by atoms with Crippen molar-refractivity contribution in [3.8, 4) is 0 Å². The molecule has 0 heterocycles. The quantitative estimate of drug-likeness (QED) is 0.211. The molecule has 0 aromatic heterocycles. The first-order valence-corrected chi connectivity index (χ1v) is 0.565. The van der Waals surface area contributed by atoms with Crippen LogP contribution in [0.15, 0.2) is 0 Å². The van der Waals surface area contributed by atoms with E-state index in [9.17, 15) is 0 Å². The molecule has 0 amide bonds. The fourth-order valence-electron chi connectivity index (χ4n) is 0. The summed E-state index contributed by atoms with van der Waals surface area (Å²) in [4.78, 5) is 8.36. The predicted molar refractivity (Wildman–Crippen MR) is 17.9 cm³/mol. The zero-order chi connectivity index (χ0) is 3.58.